The molecule has 2 aliphatic rings. The zero-order chi connectivity index (χ0) is 21.9. The first-order chi connectivity index (χ1) is 14.2. The molecule has 1 aromatic rings. The highest BCUT2D eigenvalue weighted by Gasteiger charge is 2.34. The molecule has 0 aliphatic carbocycles. The van der Waals surface area contributed by atoms with Gasteiger partial charge in [-0.1, -0.05) is 18.5 Å². The van der Waals surface area contributed by atoms with Crippen molar-refractivity contribution < 1.29 is 18.0 Å². The van der Waals surface area contributed by atoms with Gasteiger partial charge in [-0.3, -0.25) is 14.6 Å². The summed E-state index contributed by atoms with van der Waals surface area (Å²) in [6, 6.07) is 4.57. The van der Waals surface area contributed by atoms with Crippen molar-refractivity contribution in [2.24, 2.45) is 0 Å². The van der Waals surface area contributed by atoms with Gasteiger partial charge in [0, 0.05) is 64.1 Å². The normalized spacial score (nSPS) is 20.5. The maximum Gasteiger partial charge on any atom is 0.417 e. The molecule has 3 rings (SSSR count). The zero-order valence-electron chi connectivity index (χ0n) is 17.6. The van der Waals surface area contributed by atoms with Crippen molar-refractivity contribution in [2.45, 2.75) is 32.5 Å². The van der Waals surface area contributed by atoms with E-state index >= 15 is 0 Å². The van der Waals surface area contributed by atoms with E-state index in [1.807, 2.05) is 9.80 Å². The summed E-state index contributed by atoms with van der Waals surface area (Å²) in [5, 5.41) is -0.288. The molecule has 1 aromatic carbocycles. The first-order valence-corrected chi connectivity index (χ1v) is 10.9. The van der Waals surface area contributed by atoms with Crippen molar-refractivity contribution in [2.75, 3.05) is 63.8 Å². The summed E-state index contributed by atoms with van der Waals surface area (Å²) in [5.74, 6) is 0.137. The second-order valence-electron chi connectivity index (χ2n) is 8.10. The first-order valence-electron chi connectivity index (χ1n) is 10.5. The lowest BCUT2D eigenvalue weighted by Crippen LogP contribution is -2.55. The molecule has 2 saturated heterocycles. The average molecular weight is 447 g/mol. The second-order valence-corrected chi connectivity index (χ2v) is 8.51. The number of hydrogen-bond donors (Lipinski definition) is 0. The predicted molar refractivity (Wildman–Crippen MR) is 113 cm³/mol. The zero-order valence-corrected chi connectivity index (χ0v) is 18.3. The number of anilines is 1. The van der Waals surface area contributed by atoms with Crippen molar-refractivity contribution in [3.63, 3.8) is 0 Å². The van der Waals surface area contributed by atoms with E-state index in [0.29, 0.717) is 44.5 Å². The van der Waals surface area contributed by atoms with Crippen molar-refractivity contribution in [3.05, 3.63) is 28.8 Å². The van der Waals surface area contributed by atoms with Gasteiger partial charge in [0.05, 0.1) is 17.1 Å². The Morgan fingerprint density at radius 1 is 1.07 bits per heavy atom. The minimum Gasteiger partial charge on any atom is -0.369 e. The molecule has 0 spiro atoms. The lowest BCUT2D eigenvalue weighted by atomic mass is 10.1. The van der Waals surface area contributed by atoms with Crippen LogP contribution in [0.1, 0.15) is 25.8 Å². The molecule has 1 atom stereocenters. The molecule has 2 heterocycles. The summed E-state index contributed by atoms with van der Waals surface area (Å²) in [6.45, 7) is 10.5. The van der Waals surface area contributed by atoms with E-state index in [2.05, 4.69) is 23.6 Å². The Kier molecular flexibility index (Phi) is 7.52. The number of rotatable bonds is 5. The molecule has 5 nitrogen and oxygen atoms in total. The molecule has 30 heavy (non-hydrogen) atoms. The minimum atomic E-state index is -4.47. The van der Waals surface area contributed by atoms with Gasteiger partial charge >= 0.3 is 6.18 Å². The van der Waals surface area contributed by atoms with Gasteiger partial charge in [0.1, 0.15) is 0 Å². The monoisotopic (exact) mass is 446 g/mol. The van der Waals surface area contributed by atoms with Gasteiger partial charge in [0.25, 0.3) is 0 Å². The van der Waals surface area contributed by atoms with Crippen LogP contribution in [0.25, 0.3) is 0 Å². The van der Waals surface area contributed by atoms with Gasteiger partial charge in [-0.15, -0.1) is 0 Å². The highest BCUT2D eigenvalue weighted by Crippen LogP contribution is 2.37. The average Bonchev–Trinajstić information content (AvgIpc) is 2.73. The largest absolute Gasteiger partial charge is 0.417 e. The van der Waals surface area contributed by atoms with E-state index < -0.39 is 11.7 Å². The molecule has 1 amide bonds. The first kappa shape index (κ1) is 23.2. The van der Waals surface area contributed by atoms with Crippen LogP contribution in [0.15, 0.2) is 18.2 Å². The molecular formula is C21H30ClF3N4O. The Morgan fingerprint density at radius 3 is 2.27 bits per heavy atom. The van der Waals surface area contributed by atoms with Crippen LogP contribution in [0.5, 0.6) is 0 Å². The second kappa shape index (κ2) is 9.75. The van der Waals surface area contributed by atoms with E-state index in [1.165, 1.54) is 6.07 Å². The molecule has 0 bridgehead atoms. The van der Waals surface area contributed by atoms with Crippen LogP contribution in [-0.2, 0) is 11.0 Å². The van der Waals surface area contributed by atoms with E-state index in [0.717, 1.165) is 38.7 Å². The number of nitrogens with zero attached hydrogens (tertiary/aromatic N) is 4. The van der Waals surface area contributed by atoms with Crippen LogP contribution >= 0.6 is 11.6 Å². The number of carbonyl (C=O) groups excluding carboxylic acids is 1. The standard InChI is InChI=1S/C21H30ClF3N4O/c1-3-16(2)27-10-12-29(13-11-27)20(30)15-26-6-8-28(9-7-26)17-4-5-19(22)18(14-17)21(23,24)25/h4-5,14,16H,3,6-13,15H2,1-2H3. The summed E-state index contributed by atoms with van der Waals surface area (Å²) in [4.78, 5) is 21.0. The summed E-state index contributed by atoms with van der Waals surface area (Å²) >= 11 is 5.72. The van der Waals surface area contributed by atoms with Crippen molar-refractivity contribution in [3.8, 4) is 0 Å². The number of piperazine rings is 2. The van der Waals surface area contributed by atoms with Gasteiger partial charge in [0.2, 0.25) is 5.91 Å². The Hall–Kier alpha value is -1.51. The number of hydrogen-bond acceptors (Lipinski definition) is 4. The van der Waals surface area contributed by atoms with Gasteiger partial charge < -0.3 is 9.80 Å². The SMILES string of the molecule is CCC(C)N1CCN(C(=O)CN2CCN(c3ccc(Cl)c(C(F)(F)F)c3)CC2)CC1. The van der Waals surface area contributed by atoms with Crippen LogP contribution in [-0.4, -0.2) is 85.6 Å². The Balaban J connectivity index is 1.49. The highest BCUT2D eigenvalue weighted by atomic mass is 35.5. The minimum absolute atomic E-state index is 0.137. The van der Waals surface area contributed by atoms with Crippen molar-refractivity contribution in [1.29, 1.82) is 0 Å². The van der Waals surface area contributed by atoms with Crippen LogP contribution in [0.4, 0.5) is 18.9 Å². The molecular weight excluding hydrogens is 417 g/mol. The topological polar surface area (TPSA) is 30.0 Å². The molecule has 2 fully saturated rings. The molecule has 9 heteroatoms. The molecule has 0 aromatic heterocycles. The van der Waals surface area contributed by atoms with Gasteiger partial charge in [0.15, 0.2) is 0 Å². The van der Waals surface area contributed by atoms with Crippen LogP contribution in [0, 0.1) is 0 Å². The van der Waals surface area contributed by atoms with Gasteiger partial charge in [-0.25, -0.2) is 0 Å². The predicted octanol–water partition coefficient (Wildman–Crippen LogP) is 3.42. The Labute approximate surface area is 181 Å². The molecule has 2 aliphatic heterocycles. The van der Waals surface area contributed by atoms with E-state index in [9.17, 15) is 18.0 Å². The van der Waals surface area contributed by atoms with E-state index in [4.69, 9.17) is 11.6 Å². The third kappa shape index (κ3) is 5.59. The maximum absolute atomic E-state index is 13.1. The third-order valence-corrected chi connectivity index (χ3v) is 6.56. The molecule has 1 unspecified atom stereocenters. The van der Waals surface area contributed by atoms with Crippen molar-refractivity contribution in [1.82, 2.24) is 14.7 Å². The van der Waals surface area contributed by atoms with E-state index in [-0.39, 0.29) is 10.9 Å². The van der Waals surface area contributed by atoms with Gasteiger partial charge in [-0.05, 0) is 31.5 Å². The van der Waals surface area contributed by atoms with Crippen LogP contribution in [0.2, 0.25) is 5.02 Å². The summed E-state index contributed by atoms with van der Waals surface area (Å²) in [6.07, 6.45) is -3.36. The fraction of sp³-hybridized carbons (Fsp3) is 0.667. The summed E-state index contributed by atoms with van der Waals surface area (Å²) in [5.41, 5.74) is -0.297. The maximum atomic E-state index is 13.1. The summed E-state index contributed by atoms with van der Waals surface area (Å²) < 4.78 is 39.3. The molecule has 0 radical (unpaired) electrons. The number of benzene rings is 1. The highest BCUT2D eigenvalue weighted by molar-refractivity contribution is 6.31. The number of carbonyl (C=O) groups is 1. The molecule has 0 N–H and O–H groups in total. The number of halogens is 4. The van der Waals surface area contributed by atoms with E-state index in [1.54, 1.807) is 6.07 Å². The van der Waals surface area contributed by atoms with Crippen LogP contribution < -0.4 is 4.90 Å². The van der Waals surface area contributed by atoms with Gasteiger partial charge in [-0.2, -0.15) is 13.2 Å². The quantitative estimate of drug-likeness (QED) is 0.693. The smallest absolute Gasteiger partial charge is 0.369 e. The molecule has 168 valence electrons. The Bertz CT molecular complexity index is 729. The molecule has 0 saturated carbocycles. The fourth-order valence-corrected chi connectivity index (χ4v) is 4.28. The third-order valence-electron chi connectivity index (χ3n) is 6.23. The van der Waals surface area contributed by atoms with Crippen LogP contribution in [0.3, 0.4) is 0 Å². The Morgan fingerprint density at radius 2 is 1.70 bits per heavy atom. The summed E-state index contributed by atoms with van der Waals surface area (Å²) in [7, 11) is 0. The lowest BCUT2D eigenvalue weighted by molar-refractivity contribution is -0.137. The lowest BCUT2D eigenvalue weighted by Gasteiger charge is -2.40. The number of alkyl halides is 3. The number of amides is 1. The fourth-order valence-electron chi connectivity index (χ4n) is 4.05. The van der Waals surface area contributed by atoms with Crippen molar-refractivity contribution >= 4 is 23.2 Å².